The van der Waals surface area contributed by atoms with Crippen LogP contribution < -0.4 is 0 Å². The number of hydrogen-bond acceptors (Lipinski definition) is 2. The topological polar surface area (TPSA) is 9.23 Å². The fraction of sp³-hybridized carbons (Fsp3) is 0.571. The normalized spacial score (nSPS) is 21.4. The quantitative estimate of drug-likeness (QED) is 0.482. The van der Waals surface area contributed by atoms with Crippen molar-refractivity contribution in [1.29, 1.82) is 0 Å². The maximum atomic E-state index is 12.6. The van der Waals surface area contributed by atoms with Crippen molar-refractivity contribution in [2.45, 2.75) is 52.1 Å². The van der Waals surface area contributed by atoms with Gasteiger partial charge in [-0.2, -0.15) is 0 Å². The molecule has 1 saturated carbocycles. The van der Waals surface area contributed by atoms with Gasteiger partial charge in [-0.05, 0) is 25.8 Å². The van der Waals surface area contributed by atoms with Gasteiger partial charge in [0.2, 0.25) is 0 Å². The zero-order valence-electron chi connectivity index (χ0n) is 11.1. The third-order valence-electron chi connectivity index (χ3n) is 2.69. The van der Waals surface area contributed by atoms with Crippen LogP contribution in [-0.2, 0) is 4.18 Å². The van der Waals surface area contributed by atoms with Crippen molar-refractivity contribution in [3.63, 3.8) is 0 Å². The van der Waals surface area contributed by atoms with Gasteiger partial charge in [-0.25, -0.2) is 8.78 Å². The second-order valence-corrected chi connectivity index (χ2v) is 5.44. The highest BCUT2D eigenvalue weighted by Crippen LogP contribution is 2.41. The summed E-state index contributed by atoms with van der Waals surface area (Å²) in [5, 5.41) is 0. The first kappa shape index (κ1) is 15.4. The van der Waals surface area contributed by atoms with Crippen molar-refractivity contribution in [2.24, 2.45) is 0 Å². The smallest absolute Gasteiger partial charge is 0.253 e. The summed E-state index contributed by atoms with van der Waals surface area (Å²) in [4.78, 5) is 0.973. The van der Waals surface area contributed by atoms with Crippen LogP contribution >= 0.6 is 12.0 Å². The Balaban J connectivity index is 2.34. The van der Waals surface area contributed by atoms with E-state index in [1.54, 1.807) is 0 Å². The van der Waals surface area contributed by atoms with Gasteiger partial charge >= 0.3 is 0 Å². The molecule has 0 heterocycles. The number of rotatable bonds is 6. The van der Waals surface area contributed by atoms with E-state index in [1.807, 2.05) is 32.1 Å². The molecule has 0 saturated heterocycles. The lowest BCUT2D eigenvalue weighted by atomic mass is 9.91. The molecule has 0 spiro atoms. The van der Waals surface area contributed by atoms with Gasteiger partial charge in [0.25, 0.3) is 5.92 Å². The highest BCUT2D eigenvalue weighted by atomic mass is 32.2. The molecule has 0 N–H and O–H groups in total. The lowest BCUT2D eigenvalue weighted by Crippen LogP contribution is -2.40. The molecular weight excluding hydrogens is 254 g/mol. The number of alkyl halides is 2. The Morgan fingerprint density at radius 2 is 2.06 bits per heavy atom. The first-order chi connectivity index (χ1) is 8.46. The molecule has 0 unspecified atom stereocenters. The molecule has 0 radical (unpaired) electrons. The third kappa shape index (κ3) is 5.36. The van der Waals surface area contributed by atoms with Crippen LogP contribution in [0.1, 0.15) is 40.0 Å². The van der Waals surface area contributed by atoms with E-state index in [1.165, 1.54) is 17.6 Å². The summed E-state index contributed by atoms with van der Waals surface area (Å²) in [6.07, 6.45) is 8.40. The van der Waals surface area contributed by atoms with E-state index in [0.717, 1.165) is 11.3 Å². The van der Waals surface area contributed by atoms with Crippen LogP contribution in [0, 0.1) is 0 Å². The molecule has 0 bridgehead atoms. The Bertz CT molecular complexity index is 351. The van der Waals surface area contributed by atoms with Crippen molar-refractivity contribution in [2.75, 3.05) is 0 Å². The zero-order valence-corrected chi connectivity index (χ0v) is 11.9. The summed E-state index contributed by atoms with van der Waals surface area (Å²) in [5.41, 5.74) is 1.23. The van der Waals surface area contributed by atoms with Crippen LogP contribution in [0.2, 0.25) is 0 Å². The molecule has 1 fully saturated rings. The Morgan fingerprint density at radius 3 is 2.56 bits per heavy atom. The van der Waals surface area contributed by atoms with Gasteiger partial charge in [0.15, 0.2) is 0 Å². The molecule has 102 valence electrons. The summed E-state index contributed by atoms with van der Waals surface area (Å²) >= 11 is 1.19. The number of halogens is 2. The highest BCUT2D eigenvalue weighted by Gasteiger charge is 2.46. The summed E-state index contributed by atoms with van der Waals surface area (Å²) in [7, 11) is 0. The Morgan fingerprint density at radius 1 is 1.39 bits per heavy atom. The van der Waals surface area contributed by atoms with E-state index < -0.39 is 5.92 Å². The molecule has 1 rings (SSSR count). The molecule has 0 amide bonds. The average Bonchev–Trinajstić information content (AvgIpc) is 2.29. The van der Waals surface area contributed by atoms with Crippen molar-refractivity contribution >= 4 is 12.0 Å². The molecule has 0 aromatic carbocycles. The van der Waals surface area contributed by atoms with Crippen molar-refractivity contribution in [1.82, 2.24) is 0 Å². The fourth-order valence-electron chi connectivity index (χ4n) is 1.58. The molecule has 0 aliphatic heterocycles. The van der Waals surface area contributed by atoms with Crippen LogP contribution in [0.15, 0.2) is 34.8 Å². The minimum Gasteiger partial charge on any atom is -0.307 e. The molecule has 1 nitrogen and oxygen atoms in total. The minimum absolute atomic E-state index is 0.151. The Kier molecular flexibility index (Phi) is 6.09. The molecule has 0 atom stereocenters. The predicted octanol–water partition coefficient (Wildman–Crippen LogP) is 5.27. The van der Waals surface area contributed by atoms with E-state index in [2.05, 4.69) is 13.0 Å². The number of hydrogen-bond donors (Lipinski definition) is 0. The summed E-state index contributed by atoms with van der Waals surface area (Å²) in [6.45, 7) is 5.99. The van der Waals surface area contributed by atoms with Crippen LogP contribution in [-0.4, -0.2) is 12.0 Å². The van der Waals surface area contributed by atoms with Gasteiger partial charge in [-0.15, -0.1) is 0 Å². The third-order valence-corrected chi connectivity index (χ3v) is 3.46. The van der Waals surface area contributed by atoms with E-state index in [-0.39, 0.29) is 18.9 Å². The van der Waals surface area contributed by atoms with Crippen LogP contribution in [0.25, 0.3) is 0 Å². The first-order valence-electron chi connectivity index (χ1n) is 6.18. The van der Waals surface area contributed by atoms with Crippen molar-refractivity contribution in [3.05, 3.63) is 34.8 Å². The Labute approximate surface area is 112 Å². The van der Waals surface area contributed by atoms with Gasteiger partial charge in [0.1, 0.15) is 0 Å². The van der Waals surface area contributed by atoms with Gasteiger partial charge in [-0.3, -0.25) is 0 Å². The minimum atomic E-state index is -2.51. The van der Waals surface area contributed by atoms with E-state index in [0.29, 0.717) is 0 Å². The average molecular weight is 274 g/mol. The van der Waals surface area contributed by atoms with Gasteiger partial charge in [0, 0.05) is 29.8 Å². The maximum absolute atomic E-state index is 12.6. The van der Waals surface area contributed by atoms with Crippen LogP contribution in [0.4, 0.5) is 8.78 Å². The maximum Gasteiger partial charge on any atom is 0.253 e. The molecule has 0 aromatic rings. The van der Waals surface area contributed by atoms with Crippen molar-refractivity contribution < 1.29 is 13.0 Å². The van der Waals surface area contributed by atoms with E-state index in [4.69, 9.17) is 4.18 Å². The fourth-order valence-corrected chi connectivity index (χ4v) is 2.12. The van der Waals surface area contributed by atoms with Gasteiger partial charge in [-0.1, -0.05) is 31.2 Å². The molecule has 1 aliphatic rings. The predicted molar refractivity (Wildman–Crippen MR) is 73.6 cm³/mol. The monoisotopic (exact) mass is 274 g/mol. The first-order valence-corrected chi connectivity index (χ1v) is 6.92. The molecule has 1 aliphatic carbocycles. The molecule has 0 aromatic heterocycles. The lowest BCUT2D eigenvalue weighted by Gasteiger charge is -2.33. The van der Waals surface area contributed by atoms with E-state index in [9.17, 15) is 8.78 Å². The van der Waals surface area contributed by atoms with Gasteiger partial charge in [0.05, 0.1) is 6.10 Å². The van der Waals surface area contributed by atoms with Crippen molar-refractivity contribution in [3.8, 4) is 0 Å². The van der Waals surface area contributed by atoms with Gasteiger partial charge < -0.3 is 4.18 Å². The molecule has 18 heavy (non-hydrogen) atoms. The Hall–Kier alpha value is -0.610. The highest BCUT2D eigenvalue weighted by molar-refractivity contribution is 7.98. The molecule has 4 heteroatoms. The largest absolute Gasteiger partial charge is 0.307 e. The summed E-state index contributed by atoms with van der Waals surface area (Å²) in [5.74, 6) is -2.51. The standard InChI is InChI=1S/C14H20F2OS/c1-4-6-12(5-2)8-7-11(3)18-17-13-9-14(15,16)10-13/h4,6-8,13H,5,9-10H2,1-3H3/b6-4-,11-7+,12-8-. The van der Waals surface area contributed by atoms with Crippen LogP contribution in [0.3, 0.4) is 0 Å². The summed E-state index contributed by atoms with van der Waals surface area (Å²) in [6, 6.07) is 0. The van der Waals surface area contributed by atoms with E-state index >= 15 is 0 Å². The lowest BCUT2D eigenvalue weighted by molar-refractivity contribution is -0.129. The SMILES string of the molecule is C\C=C/C(=C\C=C(/C)SOC1CC(F)(F)C1)CC. The van der Waals surface area contributed by atoms with Crippen LogP contribution in [0.5, 0.6) is 0 Å². The zero-order chi connectivity index (χ0) is 13.6. The summed E-state index contributed by atoms with van der Waals surface area (Å²) < 4.78 is 30.5. The second kappa shape index (κ2) is 7.10. The molecular formula is C14H20F2OS. The second-order valence-electron chi connectivity index (χ2n) is 4.44. The number of allylic oxidation sites excluding steroid dienone is 6.